The largest absolute Gasteiger partial charge is 0.419 e. The fourth-order valence-electron chi connectivity index (χ4n) is 2.40. The predicted octanol–water partition coefficient (Wildman–Crippen LogP) is 2.92. The molecule has 0 radical (unpaired) electrons. The van der Waals surface area contributed by atoms with Gasteiger partial charge in [-0.25, -0.2) is 4.39 Å². The van der Waals surface area contributed by atoms with E-state index in [0.29, 0.717) is 13.0 Å². The Bertz CT molecular complexity index is 458. The average Bonchev–Trinajstić information content (AvgIpc) is 2.41. The highest BCUT2D eigenvalue weighted by atomic mass is 19.4. The van der Waals surface area contributed by atoms with Crippen molar-refractivity contribution in [2.45, 2.75) is 37.6 Å². The Morgan fingerprint density at radius 2 is 2.05 bits per heavy atom. The summed E-state index contributed by atoms with van der Waals surface area (Å²) >= 11 is 0. The maximum Gasteiger partial charge on any atom is 0.419 e. The van der Waals surface area contributed by atoms with Gasteiger partial charge >= 0.3 is 6.18 Å². The normalized spacial score (nSPS) is 21.8. The van der Waals surface area contributed by atoms with Crippen LogP contribution in [0.5, 0.6) is 0 Å². The number of nitrogens with two attached hydrogens (primary N) is 1. The Labute approximate surface area is 114 Å². The lowest BCUT2D eigenvalue weighted by Crippen LogP contribution is -2.39. The van der Waals surface area contributed by atoms with E-state index in [2.05, 4.69) is 5.43 Å². The molecule has 0 amide bonds. The molecule has 1 fully saturated rings. The van der Waals surface area contributed by atoms with Gasteiger partial charge in [-0.2, -0.15) is 13.2 Å². The number of hydrazine groups is 1. The van der Waals surface area contributed by atoms with Crippen LogP contribution in [-0.2, 0) is 10.9 Å². The van der Waals surface area contributed by atoms with E-state index in [1.165, 1.54) is 6.07 Å². The highest BCUT2D eigenvalue weighted by Gasteiger charge is 2.35. The van der Waals surface area contributed by atoms with Crippen molar-refractivity contribution in [1.29, 1.82) is 0 Å². The van der Waals surface area contributed by atoms with Crippen LogP contribution in [0.2, 0.25) is 0 Å². The van der Waals surface area contributed by atoms with Gasteiger partial charge in [0.2, 0.25) is 0 Å². The Kier molecular flexibility index (Phi) is 4.62. The van der Waals surface area contributed by atoms with Gasteiger partial charge in [0, 0.05) is 6.61 Å². The molecule has 0 saturated carbocycles. The zero-order valence-electron chi connectivity index (χ0n) is 10.7. The number of alkyl halides is 3. The number of nitrogens with one attached hydrogen (secondary N) is 1. The van der Waals surface area contributed by atoms with Crippen molar-refractivity contribution in [3.05, 3.63) is 35.1 Å². The zero-order chi connectivity index (χ0) is 14.8. The fourth-order valence-corrected chi connectivity index (χ4v) is 2.40. The molecular weight excluding hydrogens is 276 g/mol. The molecule has 2 unspecified atom stereocenters. The standard InChI is InChI=1S/C13H16F4N2O/c14-10-5-4-8(7-9(10)13(15,16)17)12(19-18)11-3-1-2-6-20-11/h4-5,7,11-12,19H,1-3,6,18H2. The van der Waals surface area contributed by atoms with Gasteiger partial charge in [-0.3, -0.25) is 11.3 Å². The molecule has 1 aliphatic rings. The Hall–Kier alpha value is -1.18. The summed E-state index contributed by atoms with van der Waals surface area (Å²) in [5.74, 6) is 4.14. The molecule has 3 nitrogen and oxygen atoms in total. The zero-order valence-corrected chi connectivity index (χ0v) is 10.7. The lowest BCUT2D eigenvalue weighted by atomic mass is 9.95. The van der Waals surface area contributed by atoms with E-state index in [4.69, 9.17) is 10.6 Å². The molecule has 1 aromatic rings. The summed E-state index contributed by atoms with van der Waals surface area (Å²) in [6.07, 6.45) is -2.48. The van der Waals surface area contributed by atoms with E-state index < -0.39 is 23.6 Å². The number of rotatable bonds is 3. The van der Waals surface area contributed by atoms with Crippen molar-refractivity contribution in [3.63, 3.8) is 0 Å². The van der Waals surface area contributed by atoms with E-state index >= 15 is 0 Å². The maximum atomic E-state index is 13.3. The summed E-state index contributed by atoms with van der Waals surface area (Å²) in [4.78, 5) is 0. The van der Waals surface area contributed by atoms with Gasteiger partial charge in [0.05, 0.1) is 17.7 Å². The van der Waals surface area contributed by atoms with E-state index in [0.717, 1.165) is 25.0 Å². The number of hydrogen-bond donors (Lipinski definition) is 2. The molecule has 20 heavy (non-hydrogen) atoms. The van der Waals surface area contributed by atoms with E-state index in [1.807, 2.05) is 0 Å². The van der Waals surface area contributed by atoms with Gasteiger partial charge in [-0.15, -0.1) is 0 Å². The van der Waals surface area contributed by atoms with Crippen molar-refractivity contribution < 1.29 is 22.3 Å². The van der Waals surface area contributed by atoms with Crippen molar-refractivity contribution in [1.82, 2.24) is 5.43 Å². The van der Waals surface area contributed by atoms with Crippen LogP contribution >= 0.6 is 0 Å². The molecule has 1 saturated heterocycles. The molecular formula is C13H16F4N2O. The second-order valence-electron chi connectivity index (χ2n) is 4.79. The summed E-state index contributed by atoms with van der Waals surface area (Å²) < 4.78 is 56.9. The summed E-state index contributed by atoms with van der Waals surface area (Å²) in [6.45, 7) is 0.552. The first-order chi connectivity index (χ1) is 9.43. The molecule has 0 aromatic heterocycles. The maximum absolute atomic E-state index is 13.3. The summed E-state index contributed by atoms with van der Waals surface area (Å²) in [5, 5.41) is 0. The summed E-state index contributed by atoms with van der Waals surface area (Å²) in [7, 11) is 0. The first-order valence-corrected chi connectivity index (χ1v) is 6.38. The van der Waals surface area contributed by atoms with E-state index in [-0.39, 0.29) is 11.7 Å². The molecule has 3 N–H and O–H groups in total. The molecule has 1 aromatic carbocycles. The summed E-state index contributed by atoms with van der Waals surface area (Å²) in [5.41, 5.74) is 1.46. The lowest BCUT2D eigenvalue weighted by molar-refractivity contribution is -0.140. The molecule has 1 heterocycles. The van der Waals surface area contributed by atoms with Gasteiger partial charge < -0.3 is 4.74 Å². The number of ether oxygens (including phenoxy) is 1. The minimum Gasteiger partial charge on any atom is -0.376 e. The SMILES string of the molecule is NNC(c1ccc(F)c(C(F)(F)F)c1)C1CCCCO1. The second-order valence-corrected chi connectivity index (χ2v) is 4.79. The van der Waals surface area contributed by atoms with Crippen molar-refractivity contribution in [2.24, 2.45) is 5.84 Å². The van der Waals surface area contributed by atoms with E-state index in [9.17, 15) is 17.6 Å². The Morgan fingerprint density at radius 1 is 1.30 bits per heavy atom. The number of halogens is 4. The number of hydrogen-bond acceptors (Lipinski definition) is 3. The van der Waals surface area contributed by atoms with Gasteiger partial charge in [0.25, 0.3) is 0 Å². The van der Waals surface area contributed by atoms with Crippen LogP contribution in [-0.4, -0.2) is 12.7 Å². The van der Waals surface area contributed by atoms with Gasteiger partial charge in [0.1, 0.15) is 5.82 Å². The third-order valence-electron chi connectivity index (χ3n) is 3.42. The third kappa shape index (κ3) is 3.28. The van der Waals surface area contributed by atoms with Crippen LogP contribution in [0.3, 0.4) is 0 Å². The van der Waals surface area contributed by atoms with Crippen molar-refractivity contribution in [2.75, 3.05) is 6.61 Å². The Balaban J connectivity index is 2.30. The fraction of sp³-hybridized carbons (Fsp3) is 0.538. The predicted molar refractivity (Wildman–Crippen MR) is 65.1 cm³/mol. The topological polar surface area (TPSA) is 47.3 Å². The molecule has 0 spiro atoms. The first-order valence-electron chi connectivity index (χ1n) is 6.38. The molecule has 2 atom stereocenters. The van der Waals surface area contributed by atoms with Crippen molar-refractivity contribution in [3.8, 4) is 0 Å². The Morgan fingerprint density at radius 3 is 2.60 bits per heavy atom. The highest BCUT2D eigenvalue weighted by molar-refractivity contribution is 5.30. The molecule has 1 aliphatic heterocycles. The van der Waals surface area contributed by atoms with Crippen LogP contribution in [0, 0.1) is 5.82 Å². The smallest absolute Gasteiger partial charge is 0.376 e. The molecule has 7 heteroatoms. The monoisotopic (exact) mass is 292 g/mol. The lowest BCUT2D eigenvalue weighted by Gasteiger charge is -2.30. The quantitative estimate of drug-likeness (QED) is 0.511. The van der Waals surface area contributed by atoms with Crippen LogP contribution in [0.1, 0.15) is 36.4 Å². The minimum absolute atomic E-state index is 0.271. The van der Waals surface area contributed by atoms with Gasteiger partial charge in [-0.1, -0.05) is 6.07 Å². The van der Waals surface area contributed by atoms with Gasteiger partial charge in [0.15, 0.2) is 0 Å². The van der Waals surface area contributed by atoms with Crippen LogP contribution in [0.15, 0.2) is 18.2 Å². The van der Waals surface area contributed by atoms with E-state index in [1.54, 1.807) is 0 Å². The number of benzene rings is 1. The molecule has 0 bridgehead atoms. The molecule has 112 valence electrons. The first kappa shape index (κ1) is 15.2. The van der Waals surface area contributed by atoms with Crippen LogP contribution in [0.25, 0.3) is 0 Å². The molecule has 0 aliphatic carbocycles. The highest BCUT2D eigenvalue weighted by Crippen LogP contribution is 2.34. The van der Waals surface area contributed by atoms with Gasteiger partial charge in [-0.05, 0) is 37.0 Å². The molecule has 2 rings (SSSR count). The second kappa shape index (κ2) is 6.07. The average molecular weight is 292 g/mol. The van der Waals surface area contributed by atoms with Crippen LogP contribution < -0.4 is 11.3 Å². The third-order valence-corrected chi connectivity index (χ3v) is 3.42. The minimum atomic E-state index is -4.73. The van der Waals surface area contributed by atoms with Crippen LogP contribution in [0.4, 0.5) is 17.6 Å². The summed E-state index contributed by atoms with van der Waals surface area (Å²) in [6, 6.07) is 2.31. The van der Waals surface area contributed by atoms with Crippen molar-refractivity contribution >= 4 is 0 Å².